The molecule has 6 heteroatoms. The van der Waals surface area contributed by atoms with E-state index in [2.05, 4.69) is 4.72 Å². The van der Waals surface area contributed by atoms with Crippen molar-refractivity contribution >= 4 is 27.1 Å². The Bertz CT molecular complexity index is 760. The summed E-state index contributed by atoms with van der Waals surface area (Å²) in [5.74, 6) is 0.302. The zero-order valence-corrected chi connectivity index (χ0v) is 13.8. The van der Waals surface area contributed by atoms with Crippen molar-refractivity contribution in [2.75, 3.05) is 0 Å². The van der Waals surface area contributed by atoms with Gasteiger partial charge >= 0.3 is 0 Å². The molecule has 0 aliphatic heterocycles. The Hall–Kier alpha value is -1.50. The normalized spacial score (nSPS) is 16.4. The fraction of sp³-hybridized carbons (Fsp3) is 0.312. The maximum absolute atomic E-state index is 12.6. The first kappa shape index (κ1) is 15.4. The van der Waals surface area contributed by atoms with Gasteiger partial charge < -0.3 is 0 Å². The van der Waals surface area contributed by atoms with Crippen LogP contribution >= 0.6 is 11.3 Å². The Balaban J connectivity index is 1.84. The average molecular weight is 335 g/mol. The highest BCUT2D eigenvalue weighted by atomic mass is 32.2. The lowest BCUT2D eigenvalue weighted by molar-refractivity contribution is 0.101. The van der Waals surface area contributed by atoms with Gasteiger partial charge in [0.2, 0.25) is 10.0 Å². The number of carbonyl (C=O) groups is 1. The number of hydrogen-bond acceptors (Lipinski definition) is 4. The number of Topliss-reactive ketones (excluding diaryl/α,β-unsaturated/α-hetero) is 1. The maximum Gasteiger partial charge on any atom is 0.241 e. The lowest BCUT2D eigenvalue weighted by Crippen LogP contribution is -2.29. The number of thiophene rings is 1. The van der Waals surface area contributed by atoms with Crippen LogP contribution in [-0.4, -0.2) is 14.2 Å². The van der Waals surface area contributed by atoms with E-state index in [1.165, 1.54) is 19.1 Å². The molecule has 0 radical (unpaired) electrons. The number of hydrogen-bond donors (Lipinski definition) is 1. The van der Waals surface area contributed by atoms with Crippen LogP contribution < -0.4 is 4.72 Å². The molecular formula is C16H17NO3S2. The number of rotatable bonds is 6. The zero-order chi connectivity index (χ0) is 15.7. The lowest BCUT2D eigenvalue weighted by atomic mass is 10.2. The van der Waals surface area contributed by atoms with Crippen LogP contribution in [0.5, 0.6) is 0 Å². The number of carbonyl (C=O) groups excluding carboxylic acids is 1. The van der Waals surface area contributed by atoms with E-state index >= 15 is 0 Å². The van der Waals surface area contributed by atoms with Crippen LogP contribution in [0, 0.1) is 5.92 Å². The second-order valence-electron chi connectivity index (χ2n) is 5.53. The first-order valence-corrected chi connectivity index (χ1v) is 9.50. The number of benzene rings is 1. The van der Waals surface area contributed by atoms with Crippen molar-refractivity contribution in [3.05, 3.63) is 52.2 Å². The standard InChI is InChI=1S/C16H17NO3S2/c1-11(18)12-6-8-14(9-7-12)22(19,20)17-16(13-4-5-13)15-3-2-10-21-15/h2-3,6-10,13,16-17H,4-5H2,1H3/t16-/m0/s1. The summed E-state index contributed by atoms with van der Waals surface area (Å²) in [7, 11) is -3.59. The number of nitrogens with one attached hydrogen (secondary N) is 1. The monoisotopic (exact) mass is 335 g/mol. The predicted molar refractivity (Wildman–Crippen MR) is 86.6 cm³/mol. The number of ketones is 1. The van der Waals surface area contributed by atoms with Gasteiger partial charge in [0.05, 0.1) is 10.9 Å². The summed E-state index contributed by atoms with van der Waals surface area (Å²) in [6, 6.07) is 9.81. The van der Waals surface area contributed by atoms with Crippen LogP contribution in [0.4, 0.5) is 0 Å². The molecule has 0 saturated heterocycles. The Morgan fingerprint density at radius 3 is 2.41 bits per heavy atom. The summed E-state index contributed by atoms with van der Waals surface area (Å²) < 4.78 is 27.9. The molecule has 1 aromatic heterocycles. The quantitative estimate of drug-likeness (QED) is 0.823. The summed E-state index contributed by atoms with van der Waals surface area (Å²) in [6.45, 7) is 1.46. The summed E-state index contributed by atoms with van der Waals surface area (Å²) in [6.07, 6.45) is 2.10. The van der Waals surface area contributed by atoms with E-state index in [-0.39, 0.29) is 16.7 Å². The third-order valence-electron chi connectivity index (χ3n) is 3.80. The van der Waals surface area contributed by atoms with E-state index in [0.717, 1.165) is 17.7 Å². The van der Waals surface area contributed by atoms with E-state index in [4.69, 9.17) is 0 Å². The van der Waals surface area contributed by atoms with Crippen molar-refractivity contribution in [2.45, 2.75) is 30.7 Å². The van der Waals surface area contributed by atoms with Crippen molar-refractivity contribution < 1.29 is 13.2 Å². The molecule has 116 valence electrons. The van der Waals surface area contributed by atoms with Gasteiger partial charge in [-0.3, -0.25) is 4.79 Å². The van der Waals surface area contributed by atoms with E-state index in [1.807, 2.05) is 17.5 Å². The molecule has 2 aromatic rings. The fourth-order valence-corrected chi connectivity index (χ4v) is 4.62. The van der Waals surface area contributed by atoms with Gasteiger partial charge in [-0.05, 0) is 49.3 Å². The minimum atomic E-state index is -3.59. The highest BCUT2D eigenvalue weighted by molar-refractivity contribution is 7.89. The van der Waals surface area contributed by atoms with Crippen molar-refractivity contribution in [1.29, 1.82) is 0 Å². The Morgan fingerprint density at radius 1 is 1.23 bits per heavy atom. The molecule has 1 atom stereocenters. The predicted octanol–water partition coefficient (Wildman–Crippen LogP) is 3.38. The van der Waals surface area contributed by atoms with Gasteiger partial charge in [-0.15, -0.1) is 11.3 Å². The fourth-order valence-electron chi connectivity index (χ4n) is 2.39. The molecule has 1 aliphatic carbocycles. The molecule has 0 amide bonds. The Morgan fingerprint density at radius 2 is 1.91 bits per heavy atom. The van der Waals surface area contributed by atoms with Crippen LogP contribution in [0.2, 0.25) is 0 Å². The number of sulfonamides is 1. The van der Waals surface area contributed by atoms with Gasteiger partial charge in [0.1, 0.15) is 0 Å². The summed E-state index contributed by atoms with van der Waals surface area (Å²) >= 11 is 1.57. The molecule has 0 unspecified atom stereocenters. The largest absolute Gasteiger partial charge is 0.295 e. The molecule has 1 heterocycles. The van der Waals surface area contributed by atoms with Gasteiger partial charge in [-0.25, -0.2) is 13.1 Å². The SMILES string of the molecule is CC(=O)c1ccc(S(=O)(=O)N[C@H](c2cccs2)C2CC2)cc1. The highest BCUT2D eigenvalue weighted by Gasteiger charge is 2.36. The molecule has 1 aromatic carbocycles. The molecule has 1 saturated carbocycles. The van der Waals surface area contributed by atoms with E-state index < -0.39 is 10.0 Å². The van der Waals surface area contributed by atoms with Gasteiger partial charge in [-0.1, -0.05) is 18.2 Å². The minimum absolute atomic E-state index is 0.0775. The smallest absolute Gasteiger partial charge is 0.241 e. The van der Waals surface area contributed by atoms with E-state index in [1.54, 1.807) is 23.5 Å². The zero-order valence-electron chi connectivity index (χ0n) is 12.2. The van der Waals surface area contributed by atoms with Crippen LogP contribution in [0.3, 0.4) is 0 Å². The summed E-state index contributed by atoms with van der Waals surface area (Å²) in [5.41, 5.74) is 0.510. The minimum Gasteiger partial charge on any atom is -0.295 e. The molecule has 3 rings (SSSR count). The highest BCUT2D eigenvalue weighted by Crippen LogP contribution is 2.43. The van der Waals surface area contributed by atoms with Crippen molar-refractivity contribution in [1.82, 2.24) is 4.72 Å². The molecule has 0 bridgehead atoms. The van der Waals surface area contributed by atoms with Crippen molar-refractivity contribution in [3.63, 3.8) is 0 Å². The molecule has 4 nitrogen and oxygen atoms in total. The second kappa shape index (κ2) is 5.95. The Kier molecular flexibility index (Phi) is 4.16. The maximum atomic E-state index is 12.6. The summed E-state index contributed by atoms with van der Waals surface area (Å²) in [4.78, 5) is 12.5. The van der Waals surface area contributed by atoms with E-state index in [0.29, 0.717) is 11.5 Å². The summed E-state index contributed by atoms with van der Waals surface area (Å²) in [5, 5.41) is 1.96. The van der Waals surface area contributed by atoms with E-state index in [9.17, 15) is 13.2 Å². The first-order valence-electron chi connectivity index (χ1n) is 7.14. The molecule has 1 fully saturated rings. The third kappa shape index (κ3) is 3.29. The molecule has 0 spiro atoms. The van der Waals surface area contributed by atoms with Crippen LogP contribution in [-0.2, 0) is 10.0 Å². The van der Waals surface area contributed by atoms with Crippen LogP contribution in [0.15, 0.2) is 46.7 Å². The van der Waals surface area contributed by atoms with Gasteiger partial charge in [0, 0.05) is 10.4 Å². The van der Waals surface area contributed by atoms with Crippen LogP contribution in [0.1, 0.15) is 41.0 Å². The molecule has 1 N–H and O–H groups in total. The molecule has 22 heavy (non-hydrogen) atoms. The Labute approximate surface area is 134 Å². The first-order chi connectivity index (χ1) is 10.5. The van der Waals surface area contributed by atoms with Gasteiger partial charge in [-0.2, -0.15) is 0 Å². The van der Waals surface area contributed by atoms with Gasteiger partial charge in [0.15, 0.2) is 5.78 Å². The van der Waals surface area contributed by atoms with Crippen molar-refractivity contribution in [2.24, 2.45) is 5.92 Å². The topological polar surface area (TPSA) is 63.2 Å². The molecular weight excluding hydrogens is 318 g/mol. The average Bonchev–Trinajstić information content (AvgIpc) is 3.19. The molecule has 1 aliphatic rings. The lowest BCUT2D eigenvalue weighted by Gasteiger charge is -2.17. The van der Waals surface area contributed by atoms with Crippen LogP contribution in [0.25, 0.3) is 0 Å². The second-order valence-corrected chi connectivity index (χ2v) is 8.23. The third-order valence-corrected chi connectivity index (χ3v) is 6.21. The van der Waals surface area contributed by atoms with Crippen molar-refractivity contribution in [3.8, 4) is 0 Å². The van der Waals surface area contributed by atoms with Gasteiger partial charge in [0.25, 0.3) is 0 Å².